The van der Waals surface area contributed by atoms with Crippen molar-refractivity contribution in [3.05, 3.63) is 24.0 Å². The minimum Gasteiger partial charge on any atom is -0.477 e. The Balaban J connectivity index is 2.48. The molecule has 0 fully saturated rings. The van der Waals surface area contributed by atoms with Crippen molar-refractivity contribution in [2.75, 3.05) is 11.9 Å². The molecule has 0 aliphatic carbocycles. The molecule has 0 aromatic carbocycles. The summed E-state index contributed by atoms with van der Waals surface area (Å²) < 4.78 is 0. The maximum absolute atomic E-state index is 11.8. The van der Waals surface area contributed by atoms with E-state index in [0.717, 1.165) is 12.8 Å². The fourth-order valence-corrected chi connectivity index (χ4v) is 1.79. The zero-order valence-corrected chi connectivity index (χ0v) is 11.8. The number of pyridine rings is 1. The van der Waals surface area contributed by atoms with Gasteiger partial charge in [-0.2, -0.15) is 0 Å². The average Bonchev–Trinajstić information content (AvgIpc) is 2.37. The quantitative estimate of drug-likeness (QED) is 0.706. The number of hydrogen-bond acceptors (Lipinski definition) is 4. The zero-order chi connectivity index (χ0) is 15.2. The van der Waals surface area contributed by atoms with E-state index in [0.29, 0.717) is 18.7 Å². The van der Waals surface area contributed by atoms with E-state index in [4.69, 9.17) is 10.8 Å². The van der Waals surface area contributed by atoms with Gasteiger partial charge in [-0.25, -0.2) is 9.78 Å². The number of anilines is 1. The first kappa shape index (κ1) is 16.1. The van der Waals surface area contributed by atoms with E-state index in [2.05, 4.69) is 24.1 Å². The third-order valence-corrected chi connectivity index (χ3v) is 3.12. The van der Waals surface area contributed by atoms with Gasteiger partial charge in [0.15, 0.2) is 0 Å². The van der Waals surface area contributed by atoms with Crippen LogP contribution in [-0.4, -0.2) is 28.5 Å². The molecule has 1 aromatic heterocycles. The van der Waals surface area contributed by atoms with Gasteiger partial charge in [-0.3, -0.25) is 4.79 Å². The van der Waals surface area contributed by atoms with Gasteiger partial charge >= 0.3 is 5.97 Å². The van der Waals surface area contributed by atoms with E-state index in [1.807, 2.05) is 0 Å². The highest BCUT2D eigenvalue weighted by Gasteiger charge is 2.18. The number of carbonyl (C=O) groups is 2. The van der Waals surface area contributed by atoms with Gasteiger partial charge in [-0.05, 0) is 36.9 Å². The zero-order valence-electron chi connectivity index (χ0n) is 11.8. The van der Waals surface area contributed by atoms with Crippen molar-refractivity contribution >= 4 is 17.6 Å². The highest BCUT2D eigenvalue weighted by molar-refractivity contribution is 5.91. The van der Waals surface area contributed by atoms with Crippen LogP contribution < -0.4 is 11.1 Å². The highest BCUT2D eigenvalue weighted by Crippen LogP contribution is 2.26. The van der Waals surface area contributed by atoms with Crippen LogP contribution in [-0.2, 0) is 4.79 Å². The van der Waals surface area contributed by atoms with E-state index in [-0.39, 0.29) is 17.0 Å². The number of carboxylic acid groups (broad SMARTS) is 1. The van der Waals surface area contributed by atoms with Crippen LogP contribution in [0.2, 0.25) is 0 Å². The van der Waals surface area contributed by atoms with Gasteiger partial charge in [0.05, 0.1) is 11.9 Å². The Bertz CT molecular complexity index is 469. The Morgan fingerprint density at radius 3 is 2.55 bits per heavy atom. The summed E-state index contributed by atoms with van der Waals surface area (Å²) in [4.78, 5) is 26.2. The number of nitrogens with one attached hydrogen (secondary N) is 1. The Morgan fingerprint density at radius 1 is 1.35 bits per heavy atom. The number of aromatic carboxylic acids is 1. The average molecular weight is 279 g/mol. The molecule has 0 aliphatic rings. The molecule has 0 spiro atoms. The number of aromatic nitrogens is 1. The number of amides is 1. The van der Waals surface area contributed by atoms with Crippen LogP contribution in [0.4, 0.5) is 5.69 Å². The van der Waals surface area contributed by atoms with Crippen molar-refractivity contribution < 1.29 is 14.7 Å². The number of nitrogens with zero attached hydrogens (tertiary/aromatic N) is 1. The molecule has 4 N–H and O–H groups in total. The molecular formula is C14H21N3O3. The molecule has 0 saturated carbocycles. The van der Waals surface area contributed by atoms with Crippen molar-refractivity contribution in [3.8, 4) is 0 Å². The van der Waals surface area contributed by atoms with Crippen molar-refractivity contribution in [2.45, 2.75) is 33.1 Å². The summed E-state index contributed by atoms with van der Waals surface area (Å²) >= 11 is 0. The lowest BCUT2D eigenvalue weighted by molar-refractivity contribution is -0.116. The summed E-state index contributed by atoms with van der Waals surface area (Å²) in [5.41, 5.74) is 6.01. The Labute approximate surface area is 118 Å². The molecule has 6 heteroatoms. The number of carboxylic acids is 1. The molecule has 1 aromatic rings. The van der Waals surface area contributed by atoms with Crippen LogP contribution in [0, 0.1) is 5.41 Å². The molecule has 0 radical (unpaired) electrons. The van der Waals surface area contributed by atoms with Gasteiger partial charge in [-0.15, -0.1) is 0 Å². The molecule has 6 nitrogen and oxygen atoms in total. The maximum Gasteiger partial charge on any atom is 0.354 e. The van der Waals surface area contributed by atoms with Crippen molar-refractivity contribution in [1.29, 1.82) is 0 Å². The molecular weight excluding hydrogens is 258 g/mol. The molecule has 0 saturated heterocycles. The van der Waals surface area contributed by atoms with Crippen LogP contribution in [0.15, 0.2) is 18.3 Å². The van der Waals surface area contributed by atoms with E-state index in [1.165, 1.54) is 18.3 Å². The largest absolute Gasteiger partial charge is 0.477 e. The second-order valence-electron chi connectivity index (χ2n) is 5.49. The molecule has 1 heterocycles. The Morgan fingerprint density at radius 2 is 2.05 bits per heavy atom. The molecule has 1 amide bonds. The predicted octanol–water partition coefficient (Wildman–Crippen LogP) is 1.87. The predicted molar refractivity (Wildman–Crippen MR) is 76.5 cm³/mol. The summed E-state index contributed by atoms with van der Waals surface area (Å²) in [5, 5.41) is 11.4. The molecule has 110 valence electrons. The minimum atomic E-state index is -1.09. The van der Waals surface area contributed by atoms with Gasteiger partial charge in [-0.1, -0.05) is 13.8 Å². The normalized spacial score (nSPS) is 11.2. The summed E-state index contributed by atoms with van der Waals surface area (Å²) in [7, 11) is 0. The SMILES string of the molecule is CC(C)(CCN)CCC(=O)Nc1ccc(C(=O)O)nc1. The first-order valence-electron chi connectivity index (χ1n) is 6.53. The van der Waals surface area contributed by atoms with E-state index >= 15 is 0 Å². The summed E-state index contributed by atoms with van der Waals surface area (Å²) in [5.74, 6) is -1.20. The third kappa shape index (κ3) is 5.36. The summed E-state index contributed by atoms with van der Waals surface area (Å²) in [6.45, 7) is 4.77. The van der Waals surface area contributed by atoms with E-state index in [1.54, 1.807) is 0 Å². The molecule has 0 bridgehead atoms. The fourth-order valence-electron chi connectivity index (χ4n) is 1.79. The van der Waals surface area contributed by atoms with Crippen LogP contribution in [0.5, 0.6) is 0 Å². The Hall–Kier alpha value is -1.95. The molecule has 20 heavy (non-hydrogen) atoms. The van der Waals surface area contributed by atoms with Crippen molar-refractivity contribution in [2.24, 2.45) is 11.1 Å². The number of nitrogens with two attached hydrogens (primary N) is 1. The molecule has 0 unspecified atom stereocenters. The second kappa shape index (κ2) is 7.00. The maximum atomic E-state index is 11.8. The lowest BCUT2D eigenvalue weighted by Crippen LogP contribution is -2.20. The standard InChI is InChI=1S/C14H21N3O3/c1-14(2,7-8-15)6-5-12(18)17-10-3-4-11(13(19)20)16-9-10/h3-4,9H,5-8,15H2,1-2H3,(H,17,18)(H,19,20). The van der Waals surface area contributed by atoms with Gasteiger partial charge in [0, 0.05) is 6.42 Å². The van der Waals surface area contributed by atoms with Crippen LogP contribution >= 0.6 is 0 Å². The number of carbonyl (C=O) groups excluding carboxylic acids is 1. The monoisotopic (exact) mass is 279 g/mol. The smallest absolute Gasteiger partial charge is 0.354 e. The number of rotatable bonds is 7. The summed E-state index contributed by atoms with van der Waals surface area (Å²) in [6.07, 6.45) is 3.35. The lowest BCUT2D eigenvalue weighted by Gasteiger charge is -2.23. The van der Waals surface area contributed by atoms with Gasteiger partial charge in [0.25, 0.3) is 0 Å². The van der Waals surface area contributed by atoms with Crippen LogP contribution in [0.25, 0.3) is 0 Å². The summed E-state index contributed by atoms with van der Waals surface area (Å²) in [6, 6.07) is 2.88. The molecule has 0 aliphatic heterocycles. The van der Waals surface area contributed by atoms with Gasteiger partial charge in [0.1, 0.15) is 5.69 Å². The van der Waals surface area contributed by atoms with E-state index in [9.17, 15) is 9.59 Å². The highest BCUT2D eigenvalue weighted by atomic mass is 16.4. The van der Waals surface area contributed by atoms with Gasteiger partial charge < -0.3 is 16.2 Å². The molecule has 0 atom stereocenters. The topological polar surface area (TPSA) is 105 Å². The minimum absolute atomic E-state index is 0.0392. The second-order valence-corrected chi connectivity index (χ2v) is 5.49. The first-order chi connectivity index (χ1) is 9.34. The van der Waals surface area contributed by atoms with Crippen molar-refractivity contribution in [3.63, 3.8) is 0 Å². The van der Waals surface area contributed by atoms with E-state index < -0.39 is 5.97 Å². The van der Waals surface area contributed by atoms with Gasteiger partial charge in [0.2, 0.25) is 5.91 Å². The third-order valence-electron chi connectivity index (χ3n) is 3.12. The molecule has 1 rings (SSSR count). The Kier molecular flexibility index (Phi) is 5.64. The lowest BCUT2D eigenvalue weighted by atomic mass is 9.84. The number of hydrogen-bond donors (Lipinski definition) is 3. The van der Waals surface area contributed by atoms with Crippen LogP contribution in [0.3, 0.4) is 0 Å². The fraction of sp³-hybridized carbons (Fsp3) is 0.500. The van der Waals surface area contributed by atoms with Crippen molar-refractivity contribution in [1.82, 2.24) is 4.98 Å². The first-order valence-corrected chi connectivity index (χ1v) is 6.53. The van der Waals surface area contributed by atoms with Crippen LogP contribution in [0.1, 0.15) is 43.6 Å².